The van der Waals surface area contributed by atoms with Gasteiger partial charge in [0.25, 0.3) is 0 Å². The molecule has 0 bridgehead atoms. The van der Waals surface area contributed by atoms with Crippen LogP contribution in [0.3, 0.4) is 0 Å². The van der Waals surface area contributed by atoms with Gasteiger partial charge in [-0.05, 0) is 23.8 Å². The molecule has 2 aromatic rings. The number of amides is 2. The molecule has 9 nitrogen and oxygen atoms in total. The molecular formula is C21H20N2O7. The van der Waals surface area contributed by atoms with Gasteiger partial charge in [0.05, 0.1) is 18.9 Å². The molecule has 2 aliphatic heterocycles. The monoisotopic (exact) mass is 412 g/mol. The second kappa shape index (κ2) is 7.03. The number of carboxylic acids is 1. The van der Waals surface area contributed by atoms with E-state index < -0.39 is 41.2 Å². The Morgan fingerprint density at radius 3 is 2.43 bits per heavy atom. The summed E-state index contributed by atoms with van der Waals surface area (Å²) in [7, 11) is 1.38. The summed E-state index contributed by atoms with van der Waals surface area (Å²) in [5.41, 5.74) is -0.968. The Morgan fingerprint density at radius 1 is 1.10 bits per heavy atom. The van der Waals surface area contributed by atoms with E-state index in [0.29, 0.717) is 5.56 Å². The molecular weight excluding hydrogens is 392 g/mol. The van der Waals surface area contributed by atoms with Gasteiger partial charge in [-0.3, -0.25) is 25.0 Å². The van der Waals surface area contributed by atoms with Crippen molar-refractivity contribution in [3.8, 4) is 17.2 Å². The van der Waals surface area contributed by atoms with Crippen LogP contribution in [0.4, 0.5) is 0 Å². The van der Waals surface area contributed by atoms with Crippen LogP contribution in [0.5, 0.6) is 17.2 Å². The second-order valence-electron chi connectivity index (χ2n) is 7.50. The van der Waals surface area contributed by atoms with E-state index in [4.69, 9.17) is 4.74 Å². The summed E-state index contributed by atoms with van der Waals surface area (Å²) in [5.74, 6) is -4.82. The van der Waals surface area contributed by atoms with Gasteiger partial charge in [0.2, 0.25) is 11.8 Å². The average Bonchev–Trinajstić information content (AvgIpc) is 3.21. The molecule has 2 aliphatic rings. The van der Waals surface area contributed by atoms with Crippen LogP contribution in [-0.2, 0) is 20.8 Å². The Kier molecular flexibility index (Phi) is 4.62. The third kappa shape index (κ3) is 2.86. The minimum absolute atomic E-state index is 0.0216. The van der Waals surface area contributed by atoms with E-state index in [-0.39, 0.29) is 29.2 Å². The number of para-hydroxylation sites is 1. The van der Waals surface area contributed by atoms with Gasteiger partial charge in [-0.1, -0.05) is 24.3 Å². The Balaban J connectivity index is 1.84. The van der Waals surface area contributed by atoms with Crippen molar-refractivity contribution in [2.24, 2.45) is 11.8 Å². The van der Waals surface area contributed by atoms with Gasteiger partial charge in [0.1, 0.15) is 11.3 Å². The van der Waals surface area contributed by atoms with Gasteiger partial charge in [-0.2, -0.15) is 0 Å². The first-order chi connectivity index (χ1) is 14.3. The van der Waals surface area contributed by atoms with Gasteiger partial charge < -0.3 is 20.1 Å². The Labute approximate surface area is 171 Å². The molecule has 0 spiro atoms. The fourth-order valence-electron chi connectivity index (χ4n) is 4.52. The molecule has 5 N–H and O–H groups in total. The number of aromatic hydroxyl groups is 2. The summed E-state index contributed by atoms with van der Waals surface area (Å²) in [6.07, 6.45) is -0.105. The van der Waals surface area contributed by atoms with Crippen molar-refractivity contribution in [1.29, 1.82) is 0 Å². The molecule has 2 heterocycles. The maximum atomic E-state index is 12.7. The molecule has 9 heteroatoms. The third-order valence-electron chi connectivity index (χ3n) is 5.88. The summed E-state index contributed by atoms with van der Waals surface area (Å²) < 4.78 is 5.13. The number of carboxylic acid groups (broad SMARTS) is 1. The Morgan fingerprint density at radius 2 is 1.80 bits per heavy atom. The van der Waals surface area contributed by atoms with E-state index in [0.717, 1.165) is 0 Å². The SMILES string of the molecule is COc1cccc(C2NC(Cc3ccc(O)cc3)(C(=O)O)C3C(=O)NC(=O)C23)c1O. The Hall–Kier alpha value is -3.59. The zero-order valence-corrected chi connectivity index (χ0v) is 16.0. The zero-order valence-electron chi connectivity index (χ0n) is 16.0. The number of benzene rings is 2. The quantitative estimate of drug-likeness (QED) is 0.452. The van der Waals surface area contributed by atoms with Crippen LogP contribution < -0.4 is 15.4 Å². The molecule has 0 aliphatic carbocycles. The van der Waals surface area contributed by atoms with E-state index in [1.165, 1.54) is 25.3 Å². The number of nitrogens with one attached hydrogen (secondary N) is 2. The van der Waals surface area contributed by atoms with E-state index >= 15 is 0 Å². The molecule has 0 saturated carbocycles. The number of rotatable bonds is 5. The number of phenols is 2. The van der Waals surface area contributed by atoms with Crippen molar-refractivity contribution in [2.45, 2.75) is 18.0 Å². The van der Waals surface area contributed by atoms with Crippen LogP contribution in [0.15, 0.2) is 42.5 Å². The first-order valence-electron chi connectivity index (χ1n) is 9.28. The maximum Gasteiger partial charge on any atom is 0.325 e. The third-order valence-corrected chi connectivity index (χ3v) is 5.88. The highest BCUT2D eigenvalue weighted by atomic mass is 16.5. The van der Waals surface area contributed by atoms with E-state index in [1.807, 2.05) is 0 Å². The summed E-state index contributed by atoms with van der Waals surface area (Å²) in [6, 6.07) is 9.73. The lowest BCUT2D eigenvalue weighted by atomic mass is 9.76. The van der Waals surface area contributed by atoms with Crippen LogP contribution in [0.25, 0.3) is 0 Å². The summed E-state index contributed by atoms with van der Waals surface area (Å²) >= 11 is 0. The van der Waals surface area contributed by atoms with Crippen molar-refractivity contribution in [2.75, 3.05) is 7.11 Å². The topological polar surface area (TPSA) is 145 Å². The number of ether oxygens (including phenoxy) is 1. The molecule has 4 unspecified atom stereocenters. The highest BCUT2D eigenvalue weighted by Crippen LogP contribution is 2.50. The van der Waals surface area contributed by atoms with Gasteiger partial charge in [-0.25, -0.2) is 0 Å². The smallest absolute Gasteiger partial charge is 0.325 e. The number of imide groups is 1. The standard InChI is InChI=1S/C21H20N2O7/c1-30-13-4-2-3-12(17(13)25)16-14-15(19(27)22-18(14)26)21(23-16,20(28)29)9-10-5-7-11(24)8-6-10/h2-8,14-16,23-25H,9H2,1H3,(H,28,29)(H,22,26,27). The van der Waals surface area contributed by atoms with Crippen LogP contribution >= 0.6 is 0 Å². The van der Waals surface area contributed by atoms with Crippen LogP contribution in [0, 0.1) is 11.8 Å². The summed E-state index contributed by atoms with van der Waals surface area (Å²) in [6.45, 7) is 0. The van der Waals surface area contributed by atoms with Gasteiger partial charge >= 0.3 is 5.97 Å². The molecule has 4 rings (SSSR count). The number of carbonyl (C=O) groups excluding carboxylic acids is 2. The molecule has 4 atom stereocenters. The maximum absolute atomic E-state index is 12.7. The van der Waals surface area contributed by atoms with Crippen LogP contribution in [0.1, 0.15) is 17.2 Å². The van der Waals surface area contributed by atoms with Crippen LogP contribution in [-0.4, -0.2) is 45.8 Å². The molecule has 2 saturated heterocycles. The summed E-state index contributed by atoms with van der Waals surface area (Å²) in [4.78, 5) is 37.7. The molecule has 2 amide bonds. The molecule has 156 valence electrons. The van der Waals surface area contributed by atoms with Gasteiger partial charge in [0.15, 0.2) is 11.5 Å². The predicted octanol–water partition coefficient (Wildman–Crippen LogP) is 0.706. The fourth-order valence-corrected chi connectivity index (χ4v) is 4.52. The lowest BCUT2D eigenvalue weighted by molar-refractivity contribution is -0.149. The Bertz CT molecular complexity index is 1040. The average molecular weight is 412 g/mol. The van der Waals surface area contributed by atoms with Crippen LogP contribution in [0.2, 0.25) is 0 Å². The molecule has 0 radical (unpaired) electrons. The molecule has 2 aromatic carbocycles. The first-order valence-corrected chi connectivity index (χ1v) is 9.28. The number of carbonyl (C=O) groups is 3. The lowest BCUT2D eigenvalue weighted by Gasteiger charge is -2.30. The van der Waals surface area contributed by atoms with E-state index in [1.54, 1.807) is 24.3 Å². The zero-order chi connectivity index (χ0) is 21.6. The highest BCUT2D eigenvalue weighted by molar-refractivity contribution is 6.09. The first kappa shape index (κ1) is 19.7. The number of phenolic OH excluding ortho intramolecular Hbond substituents is 2. The second-order valence-corrected chi connectivity index (χ2v) is 7.50. The van der Waals surface area contributed by atoms with E-state index in [2.05, 4.69) is 10.6 Å². The summed E-state index contributed by atoms with van der Waals surface area (Å²) in [5, 5.41) is 35.5. The molecule has 2 fully saturated rings. The number of aliphatic carboxylic acids is 1. The number of fused-ring (bicyclic) bond motifs is 1. The molecule has 0 aromatic heterocycles. The van der Waals surface area contributed by atoms with Gasteiger partial charge in [-0.15, -0.1) is 0 Å². The van der Waals surface area contributed by atoms with Gasteiger partial charge in [0, 0.05) is 18.0 Å². The minimum Gasteiger partial charge on any atom is -0.508 e. The minimum atomic E-state index is -1.79. The fraction of sp³-hybridized carbons (Fsp3) is 0.286. The van der Waals surface area contributed by atoms with Crippen molar-refractivity contribution in [3.05, 3.63) is 53.6 Å². The largest absolute Gasteiger partial charge is 0.508 e. The van der Waals surface area contributed by atoms with Crippen molar-refractivity contribution in [3.63, 3.8) is 0 Å². The van der Waals surface area contributed by atoms with Crippen molar-refractivity contribution < 1.29 is 34.4 Å². The van der Waals surface area contributed by atoms with Crippen molar-refractivity contribution in [1.82, 2.24) is 10.6 Å². The highest BCUT2D eigenvalue weighted by Gasteiger charge is 2.66. The van der Waals surface area contributed by atoms with E-state index in [9.17, 15) is 29.7 Å². The number of methoxy groups -OCH3 is 1. The normalized spacial score (nSPS) is 27.6. The van der Waals surface area contributed by atoms with Crippen molar-refractivity contribution >= 4 is 17.8 Å². The number of hydrogen-bond donors (Lipinski definition) is 5. The predicted molar refractivity (Wildman–Crippen MR) is 103 cm³/mol. The number of hydrogen-bond acceptors (Lipinski definition) is 7. The lowest BCUT2D eigenvalue weighted by Crippen LogP contribution is -2.57. The molecule has 30 heavy (non-hydrogen) atoms.